The van der Waals surface area contributed by atoms with Gasteiger partial charge in [0.2, 0.25) is 0 Å². The van der Waals surface area contributed by atoms with Gasteiger partial charge in [0.15, 0.2) is 0 Å². The molecular weight excluding hydrogens is 285 g/mol. The van der Waals surface area contributed by atoms with E-state index in [9.17, 15) is 9.36 Å². The SMILES string of the molecule is CCc1c[nH]c(-c2ccc(C(=O)OC)c(P(C)(C)=O)c2)c1. The van der Waals surface area contributed by atoms with Crippen LogP contribution in [0.3, 0.4) is 0 Å². The van der Waals surface area contributed by atoms with Crippen molar-refractivity contribution >= 4 is 18.4 Å². The zero-order chi connectivity index (χ0) is 15.6. The Bertz CT molecular complexity index is 712. The first-order valence-electron chi connectivity index (χ1n) is 6.82. The zero-order valence-corrected chi connectivity index (χ0v) is 13.7. The molecule has 21 heavy (non-hydrogen) atoms. The van der Waals surface area contributed by atoms with Gasteiger partial charge in [-0.25, -0.2) is 4.79 Å². The number of esters is 1. The second-order valence-electron chi connectivity index (χ2n) is 5.35. The van der Waals surface area contributed by atoms with Crippen LogP contribution in [0.2, 0.25) is 0 Å². The largest absolute Gasteiger partial charge is 0.465 e. The van der Waals surface area contributed by atoms with E-state index in [2.05, 4.69) is 18.0 Å². The first-order chi connectivity index (χ1) is 9.86. The quantitative estimate of drug-likeness (QED) is 0.696. The van der Waals surface area contributed by atoms with Gasteiger partial charge in [0.25, 0.3) is 0 Å². The van der Waals surface area contributed by atoms with Crippen molar-refractivity contribution in [1.29, 1.82) is 0 Å². The molecule has 0 radical (unpaired) electrons. The number of aromatic nitrogens is 1. The van der Waals surface area contributed by atoms with E-state index in [1.807, 2.05) is 18.3 Å². The van der Waals surface area contributed by atoms with Gasteiger partial charge in [-0.2, -0.15) is 0 Å². The highest BCUT2D eigenvalue weighted by Crippen LogP contribution is 2.37. The molecule has 2 rings (SSSR count). The lowest BCUT2D eigenvalue weighted by Crippen LogP contribution is -2.17. The summed E-state index contributed by atoms with van der Waals surface area (Å²) in [6.07, 6.45) is 2.91. The highest BCUT2D eigenvalue weighted by Gasteiger charge is 2.22. The molecule has 112 valence electrons. The van der Waals surface area contributed by atoms with Gasteiger partial charge in [-0.1, -0.05) is 13.0 Å². The smallest absolute Gasteiger partial charge is 0.338 e. The van der Waals surface area contributed by atoms with Crippen molar-refractivity contribution in [3.05, 3.63) is 41.6 Å². The molecule has 0 fully saturated rings. The average molecular weight is 305 g/mol. The number of carbonyl (C=O) groups is 1. The molecule has 1 heterocycles. The Kier molecular flexibility index (Phi) is 4.38. The van der Waals surface area contributed by atoms with Crippen LogP contribution in [0.25, 0.3) is 11.3 Å². The Balaban J connectivity index is 2.56. The second kappa shape index (κ2) is 5.90. The molecule has 0 spiro atoms. The van der Waals surface area contributed by atoms with Gasteiger partial charge in [-0.05, 0) is 49.1 Å². The number of aromatic amines is 1. The van der Waals surface area contributed by atoms with Crippen LogP contribution in [-0.2, 0) is 15.7 Å². The van der Waals surface area contributed by atoms with Crippen LogP contribution in [0.15, 0.2) is 30.5 Å². The molecule has 0 aliphatic rings. The van der Waals surface area contributed by atoms with Crippen molar-refractivity contribution in [3.8, 4) is 11.3 Å². The predicted octanol–water partition coefficient (Wildman–Crippen LogP) is 3.28. The van der Waals surface area contributed by atoms with Crippen molar-refractivity contribution in [3.63, 3.8) is 0 Å². The van der Waals surface area contributed by atoms with Crippen LogP contribution in [0, 0.1) is 0 Å². The molecule has 0 amide bonds. The van der Waals surface area contributed by atoms with Crippen molar-refractivity contribution < 1.29 is 14.1 Å². The monoisotopic (exact) mass is 305 g/mol. The number of benzene rings is 1. The molecule has 0 unspecified atom stereocenters. The number of rotatable bonds is 4. The minimum Gasteiger partial charge on any atom is -0.465 e. The van der Waals surface area contributed by atoms with Gasteiger partial charge in [-0.3, -0.25) is 0 Å². The Labute approximate surface area is 124 Å². The third-order valence-corrected chi connectivity index (χ3v) is 4.98. The number of methoxy groups -OCH3 is 1. The van der Waals surface area contributed by atoms with Gasteiger partial charge in [0.05, 0.1) is 12.7 Å². The summed E-state index contributed by atoms with van der Waals surface area (Å²) >= 11 is 0. The van der Waals surface area contributed by atoms with Crippen molar-refractivity contribution in [1.82, 2.24) is 4.98 Å². The lowest BCUT2D eigenvalue weighted by atomic mass is 10.1. The maximum Gasteiger partial charge on any atom is 0.338 e. The first kappa shape index (κ1) is 15.6. The predicted molar refractivity (Wildman–Crippen MR) is 86.0 cm³/mol. The van der Waals surface area contributed by atoms with Gasteiger partial charge in [-0.15, -0.1) is 0 Å². The number of nitrogens with one attached hydrogen (secondary N) is 1. The van der Waals surface area contributed by atoms with E-state index < -0.39 is 13.1 Å². The number of H-pyrrole nitrogens is 1. The van der Waals surface area contributed by atoms with E-state index in [0.717, 1.165) is 17.7 Å². The van der Waals surface area contributed by atoms with Crippen molar-refractivity contribution in [2.45, 2.75) is 13.3 Å². The summed E-state index contributed by atoms with van der Waals surface area (Å²) < 4.78 is 17.3. The third kappa shape index (κ3) is 3.27. The fourth-order valence-corrected chi connectivity index (χ4v) is 3.43. The Hall–Kier alpha value is -1.80. The van der Waals surface area contributed by atoms with Crippen LogP contribution in [0.5, 0.6) is 0 Å². The number of aryl methyl sites for hydroxylation is 1. The molecule has 4 nitrogen and oxygen atoms in total. The van der Waals surface area contributed by atoms with Gasteiger partial charge >= 0.3 is 5.97 Å². The minimum atomic E-state index is -2.58. The van der Waals surface area contributed by atoms with Crippen molar-refractivity contribution in [2.24, 2.45) is 0 Å². The summed E-state index contributed by atoms with van der Waals surface area (Å²) in [5.41, 5.74) is 3.45. The molecule has 0 aliphatic heterocycles. The van der Waals surface area contributed by atoms with Crippen LogP contribution >= 0.6 is 7.14 Å². The fourth-order valence-electron chi connectivity index (χ4n) is 2.24. The summed E-state index contributed by atoms with van der Waals surface area (Å²) in [6.45, 7) is 5.40. The molecule has 1 aromatic carbocycles. The maximum atomic E-state index is 12.5. The highest BCUT2D eigenvalue weighted by molar-refractivity contribution is 7.70. The van der Waals surface area contributed by atoms with Gasteiger partial charge < -0.3 is 14.3 Å². The Morgan fingerprint density at radius 3 is 2.52 bits per heavy atom. The molecule has 1 aromatic heterocycles. The summed E-state index contributed by atoms with van der Waals surface area (Å²) in [4.78, 5) is 15.0. The summed E-state index contributed by atoms with van der Waals surface area (Å²) in [5.74, 6) is -0.457. The number of hydrogen-bond acceptors (Lipinski definition) is 3. The van der Waals surface area contributed by atoms with E-state index >= 15 is 0 Å². The minimum absolute atomic E-state index is 0.372. The number of carbonyl (C=O) groups excluding carboxylic acids is 1. The number of hydrogen-bond donors (Lipinski definition) is 1. The van der Waals surface area contributed by atoms with Gasteiger partial charge in [0, 0.05) is 17.2 Å². The number of ether oxygens (including phenoxy) is 1. The molecule has 0 aliphatic carbocycles. The summed E-state index contributed by atoms with van der Waals surface area (Å²) in [6, 6.07) is 7.41. The Morgan fingerprint density at radius 1 is 1.29 bits per heavy atom. The van der Waals surface area contributed by atoms with Crippen LogP contribution < -0.4 is 5.30 Å². The summed E-state index contributed by atoms with van der Waals surface area (Å²) in [5, 5.41) is 0.555. The normalized spacial score (nSPS) is 11.4. The molecule has 2 aromatic rings. The fraction of sp³-hybridized carbons (Fsp3) is 0.312. The van der Waals surface area contributed by atoms with E-state index in [1.54, 1.807) is 19.4 Å². The molecule has 0 saturated heterocycles. The van der Waals surface area contributed by atoms with E-state index in [1.165, 1.54) is 12.7 Å². The average Bonchev–Trinajstić information content (AvgIpc) is 2.93. The van der Waals surface area contributed by atoms with Gasteiger partial charge in [0.1, 0.15) is 7.14 Å². The molecule has 0 saturated carbocycles. The summed E-state index contributed by atoms with van der Waals surface area (Å²) in [7, 11) is -1.26. The standard InChI is InChI=1S/C16H20NO3P/c1-5-11-8-14(17-10-11)12-6-7-13(16(18)20-2)15(9-12)21(3,4)19/h6-10,17H,5H2,1-4H3. The van der Waals surface area contributed by atoms with Crippen LogP contribution in [0.4, 0.5) is 0 Å². The van der Waals surface area contributed by atoms with Crippen LogP contribution in [-0.4, -0.2) is 31.4 Å². The van der Waals surface area contributed by atoms with Crippen LogP contribution in [0.1, 0.15) is 22.8 Å². The second-order valence-corrected chi connectivity index (χ2v) is 8.53. The zero-order valence-electron chi connectivity index (χ0n) is 12.8. The molecule has 1 N–H and O–H groups in total. The highest BCUT2D eigenvalue weighted by atomic mass is 31.2. The topological polar surface area (TPSA) is 59.2 Å². The molecule has 0 bridgehead atoms. The molecular formula is C16H20NO3P. The first-order valence-corrected chi connectivity index (χ1v) is 9.42. The molecule has 5 heteroatoms. The van der Waals surface area contributed by atoms with E-state index in [4.69, 9.17) is 4.74 Å². The maximum absolute atomic E-state index is 12.5. The Morgan fingerprint density at radius 2 is 2.00 bits per heavy atom. The third-order valence-electron chi connectivity index (χ3n) is 3.45. The lowest BCUT2D eigenvalue weighted by molar-refractivity contribution is 0.0602. The molecule has 0 atom stereocenters. The van der Waals surface area contributed by atoms with Crippen molar-refractivity contribution in [2.75, 3.05) is 20.4 Å². The van der Waals surface area contributed by atoms with E-state index in [-0.39, 0.29) is 0 Å². The lowest BCUT2D eigenvalue weighted by Gasteiger charge is -2.13. The van der Waals surface area contributed by atoms with E-state index in [0.29, 0.717) is 10.9 Å².